The van der Waals surface area contributed by atoms with Crippen LogP contribution in [0.1, 0.15) is 17.4 Å². The van der Waals surface area contributed by atoms with Gasteiger partial charge in [0, 0.05) is 9.50 Å². The minimum absolute atomic E-state index is 0.630. The van der Waals surface area contributed by atoms with Gasteiger partial charge in [-0.1, -0.05) is 23.7 Å². The molecule has 0 amide bonds. The summed E-state index contributed by atoms with van der Waals surface area (Å²) in [5, 5.41) is 13.1. The summed E-state index contributed by atoms with van der Waals surface area (Å²) < 4.78 is 0.919. The standard InChI is InChI=1S/C12H10BrClOS/c1-12(15,11-10(13)5-6-16-11)8-3-2-4-9(14)7-8/h2-7,15H,1H3. The van der Waals surface area contributed by atoms with E-state index in [2.05, 4.69) is 15.9 Å². The average molecular weight is 318 g/mol. The molecule has 1 nitrogen and oxygen atoms in total. The summed E-state index contributed by atoms with van der Waals surface area (Å²) in [6.07, 6.45) is 0. The molecule has 0 saturated carbocycles. The average Bonchev–Trinajstić information content (AvgIpc) is 2.65. The van der Waals surface area contributed by atoms with Crippen LogP contribution in [0.2, 0.25) is 5.02 Å². The van der Waals surface area contributed by atoms with Crippen LogP contribution in [-0.2, 0) is 5.60 Å². The molecule has 16 heavy (non-hydrogen) atoms. The van der Waals surface area contributed by atoms with Crippen LogP contribution in [-0.4, -0.2) is 5.11 Å². The van der Waals surface area contributed by atoms with Crippen molar-refractivity contribution in [2.75, 3.05) is 0 Å². The summed E-state index contributed by atoms with van der Waals surface area (Å²) in [4.78, 5) is 0.884. The highest BCUT2D eigenvalue weighted by Crippen LogP contribution is 2.38. The first-order valence-electron chi connectivity index (χ1n) is 4.73. The molecule has 1 unspecified atom stereocenters. The van der Waals surface area contributed by atoms with E-state index < -0.39 is 5.60 Å². The Bertz CT molecular complexity index is 507. The molecule has 0 aliphatic rings. The van der Waals surface area contributed by atoms with Crippen LogP contribution in [0.3, 0.4) is 0 Å². The molecule has 0 aliphatic heterocycles. The molecular weight excluding hydrogens is 308 g/mol. The maximum absolute atomic E-state index is 10.6. The first kappa shape index (κ1) is 12.1. The van der Waals surface area contributed by atoms with Crippen molar-refractivity contribution in [2.24, 2.45) is 0 Å². The molecule has 1 heterocycles. The number of halogens is 2. The Morgan fingerprint density at radius 1 is 1.38 bits per heavy atom. The number of hydrogen-bond donors (Lipinski definition) is 1. The molecule has 0 aliphatic carbocycles. The SMILES string of the molecule is CC(O)(c1cccc(Cl)c1)c1sccc1Br. The van der Waals surface area contributed by atoms with Gasteiger partial charge in [0.2, 0.25) is 0 Å². The zero-order valence-corrected chi connectivity index (χ0v) is 11.7. The van der Waals surface area contributed by atoms with Crippen molar-refractivity contribution in [1.82, 2.24) is 0 Å². The lowest BCUT2D eigenvalue weighted by atomic mass is 9.94. The van der Waals surface area contributed by atoms with Crippen LogP contribution in [0.5, 0.6) is 0 Å². The van der Waals surface area contributed by atoms with Crippen LogP contribution >= 0.6 is 38.9 Å². The molecule has 0 bridgehead atoms. The highest BCUT2D eigenvalue weighted by Gasteiger charge is 2.29. The second kappa shape index (κ2) is 4.49. The molecule has 84 valence electrons. The van der Waals surface area contributed by atoms with Gasteiger partial charge in [0.15, 0.2) is 0 Å². The summed E-state index contributed by atoms with van der Waals surface area (Å²) in [5.74, 6) is 0. The molecule has 2 aromatic rings. The van der Waals surface area contributed by atoms with E-state index >= 15 is 0 Å². The van der Waals surface area contributed by atoms with Crippen molar-refractivity contribution in [2.45, 2.75) is 12.5 Å². The third-order valence-electron chi connectivity index (χ3n) is 2.45. The zero-order chi connectivity index (χ0) is 11.8. The molecule has 1 N–H and O–H groups in total. The number of aliphatic hydroxyl groups is 1. The van der Waals surface area contributed by atoms with Crippen LogP contribution < -0.4 is 0 Å². The van der Waals surface area contributed by atoms with E-state index in [-0.39, 0.29) is 0 Å². The monoisotopic (exact) mass is 316 g/mol. The van der Waals surface area contributed by atoms with Gasteiger partial charge in [-0.25, -0.2) is 0 Å². The van der Waals surface area contributed by atoms with E-state index in [1.54, 1.807) is 19.1 Å². The fraction of sp³-hybridized carbons (Fsp3) is 0.167. The van der Waals surface area contributed by atoms with Gasteiger partial charge in [0.1, 0.15) is 5.60 Å². The lowest BCUT2D eigenvalue weighted by Crippen LogP contribution is -2.21. The van der Waals surface area contributed by atoms with E-state index in [0.29, 0.717) is 5.02 Å². The zero-order valence-electron chi connectivity index (χ0n) is 8.58. The predicted octanol–water partition coefficient (Wildman–Crippen LogP) is 4.42. The van der Waals surface area contributed by atoms with E-state index in [1.807, 2.05) is 23.6 Å². The molecule has 0 saturated heterocycles. The predicted molar refractivity (Wildman–Crippen MR) is 72.1 cm³/mol. The van der Waals surface area contributed by atoms with Crippen LogP contribution in [0.4, 0.5) is 0 Å². The van der Waals surface area contributed by atoms with Crippen molar-refractivity contribution in [1.29, 1.82) is 0 Å². The Kier molecular flexibility index (Phi) is 3.40. The van der Waals surface area contributed by atoms with Gasteiger partial charge in [-0.05, 0) is 52.0 Å². The highest BCUT2D eigenvalue weighted by atomic mass is 79.9. The lowest BCUT2D eigenvalue weighted by Gasteiger charge is -2.23. The topological polar surface area (TPSA) is 20.2 Å². The molecule has 1 aromatic carbocycles. The highest BCUT2D eigenvalue weighted by molar-refractivity contribution is 9.10. The molecular formula is C12H10BrClOS. The Morgan fingerprint density at radius 3 is 2.69 bits per heavy atom. The molecule has 0 radical (unpaired) electrons. The Hall–Kier alpha value is -0.350. The van der Waals surface area contributed by atoms with Crippen molar-refractivity contribution < 1.29 is 5.11 Å². The van der Waals surface area contributed by atoms with Gasteiger partial charge in [-0.15, -0.1) is 11.3 Å². The largest absolute Gasteiger partial charge is 0.380 e. The minimum Gasteiger partial charge on any atom is -0.380 e. The Labute approximate surface area is 112 Å². The van der Waals surface area contributed by atoms with E-state index in [1.165, 1.54) is 11.3 Å². The maximum Gasteiger partial charge on any atom is 0.122 e. The molecule has 1 aromatic heterocycles. The van der Waals surface area contributed by atoms with Crippen LogP contribution in [0.15, 0.2) is 40.2 Å². The van der Waals surface area contributed by atoms with Gasteiger partial charge in [-0.3, -0.25) is 0 Å². The second-order valence-electron chi connectivity index (χ2n) is 3.68. The van der Waals surface area contributed by atoms with E-state index in [9.17, 15) is 5.11 Å². The fourth-order valence-electron chi connectivity index (χ4n) is 1.56. The molecule has 0 spiro atoms. The summed E-state index contributed by atoms with van der Waals surface area (Å²) in [6, 6.07) is 9.23. The van der Waals surface area contributed by atoms with Gasteiger partial charge < -0.3 is 5.11 Å². The van der Waals surface area contributed by atoms with Crippen LogP contribution in [0.25, 0.3) is 0 Å². The smallest absolute Gasteiger partial charge is 0.122 e. The Morgan fingerprint density at radius 2 is 2.12 bits per heavy atom. The fourth-order valence-corrected chi connectivity index (χ4v) is 3.60. The number of rotatable bonds is 2. The van der Waals surface area contributed by atoms with E-state index in [0.717, 1.165) is 14.9 Å². The second-order valence-corrected chi connectivity index (χ2v) is 5.89. The summed E-state index contributed by atoms with van der Waals surface area (Å²) in [5.41, 5.74) is -0.221. The van der Waals surface area contributed by atoms with Gasteiger partial charge in [0.05, 0.1) is 4.88 Å². The third kappa shape index (κ3) is 2.18. The first-order valence-corrected chi connectivity index (χ1v) is 6.79. The molecule has 4 heteroatoms. The normalized spacial score (nSPS) is 14.8. The van der Waals surface area contributed by atoms with Crippen LogP contribution in [0, 0.1) is 0 Å². The number of benzene rings is 1. The molecule has 1 atom stereocenters. The van der Waals surface area contributed by atoms with Gasteiger partial charge >= 0.3 is 0 Å². The van der Waals surface area contributed by atoms with Gasteiger partial charge in [-0.2, -0.15) is 0 Å². The van der Waals surface area contributed by atoms with Crippen molar-refractivity contribution in [3.05, 3.63) is 55.6 Å². The number of hydrogen-bond acceptors (Lipinski definition) is 2. The lowest BCUT2D eigenvalue weighted by molar-refractivity contribution is 0.105. The van der Waals surface area contributed by atoms with Crippen molar-refractivity contribution in [3.63, 3.8) is 0 Å². The summed E-state index contributed by atoms with van der Waals surface area (Å²) >= 11 is 10.9. The number of thiophene rings is 1. The third-order valence-corrected chi connectivity index (χ3v) is 4.73. The van der Waals surface area contributed by atoms with Crippen molar-refractivity contribution in [3.8, 4) is 0 Å². The van der Waals surface area contributed by atoms with E-state index in [4.69, 9.17) is 11.6 Å². The van der Waals surface area contributed by atoms with Crippen molar-refractivity contribution >= 4 is 38.9 Å². The minimum atomic E-state index is -1.02. The first-order chi connectivity index (χ1) is 7.51. The van der Waals surface area contributed by atoms with Gasteiger partial charge in [0.25, 0.3) is 0 Å². The summed E-state index contributed by atoms with van der Waals surface area (Å²) in [6.45, 7) is 1.77. The molecule has 0 fully saturated rings. The quantitative estimate of drug-likeness (QED) is 0.869. The molecule has 2 rings (SSSR count). The Balaban J connectivity index is 2.51. The summed E-state index contributed by atoms with van der Waals surface area (Å²) in [7, 11) is 0. The maximum atomic E-state index is 10.6.